The van der Waals surface area contributed by atoms with Crippen LogP contribution in [0.15, 0.2) is 0 Å². The van der Waals surface area contributed by atoms with Gasteiger partial charge in [0, 0.05) is 19.8 Å². The molecule has 0 aliphatic heterocycles. The summed E-state index contributed by atoms with van der Waals surface area (Å²) >= 11 is 0. The van der Waals surface area contributed by atoms with Crippen LogP contribution in [0.5, 0.6) is 0 Å². The minimum atomic E-state index is -4.40. The molecule has 0 radical (unpaired) electrons. The normalized spacial score (nSPS) is 14.2. The first-order valence-electron chi connectivity index (χ1n) is 8.96. The van der Waals surface area contributed by atoms with Crippen molar-refractivity contribution in [2.24, 2.45) is 0 Å². The number of unbranched alkanes of at least 4 members (excludes halogenated alkanes) is 2. The quantitative estimate of drug-likeness (QED) is 0.151. The fraction of sp³-hybridized carbons (Fsp3) is 1.00. The molecule has 0 saturated carbocycles. The summed E-state index contributed by atoms with van der Waals surface area (Å²) in [4.78, 5) is 1.60. The molecule has 26 heavy (non-hydrogen) atoms. The molecular weight excluding hydrogens is 373 g/mol. The van der Waals surface area contributed by atoms with Gasteiger partial charge < -0.3 is 24.2 Å². The van der Waals surface area contributed by atoms with Gasteiger partial charge in [0.25, 0.3) is 0 Å². The van der Waals surface area contributed by atoms with Crippen molar-refractivity contribution in [1.82, 2.24) is 4.90 Å². The molecule has 0 aliphatic carbocycles. The maximum atomic E-state index is 11.0. The van der Waals surface area contributed by atoms with Crippen molar-refractivity contribution in [3.63, 3.8) is 0 Å². The first-order chi connectivity index (χ1) is 11.9. The summed E-state index contributed by atoms with van der Waals surface area (Å²) in [6.45, 7) is 4.92. The number of aliphatic hydroxyl groups excluding tert-OH is 2. The maximum absolute atomic E-state index is 11.0. The van der Waals surface area contributed by atoms with E-state index in [1.807, 2.05) is 13.8 Å². The smallest absolute Gasteiger partial charge is 0.748 e. The van der Waals surface area contributed by atoms with E-state index in [0.717, 1.165) is 25.7 Å². The molecule has 10 heteroatoms. The van der Waals surface area contributed by atoms with E-state index in [1.165, 1.54) is 0 Å². The summed E-state index contributed by atoms with van der Waals surface area (Å²) < 4.78 is 44.0. The zero-order chi connectivity index (χ0) is 19.1. The molecule has 0 amide bonds. The van der Waals surface area contributed by atoms with Crippen LogP contribution in [0.3, 0.4) is 0 Å². The van der Waals surface area contributed by atoms with Gasteiger partial charge in [0.15, 0.2) is 0 Å². The second-order valence-electron chi connectivity index (χ2n) is 6.03. The summed E-state index contributed by atoms with van der Waals surface area (Å²) in [6.07, 6.45) is 3.73. The van der Waals surface area contributed by atoms with Crippen molar-refractivity contribution >= 4 is 10.1 Å². The minimum Gasteiger partial charge on any atom is -0.748 e. The van der Waals surface area contributed by atoms with Gasteiger partial charge >= 0.3 is 29.6 Å². The molecule has 0 aromatic rings. The standard InChI is InChI=1S/C16H35NO7S.Na/c1-3-5-8-23-13-15(11-18)17(7-10-25(20,21)22)16(12-19)14-24-9-6-4-2;/h15-16,18-19H,3-14H2,1-2H3,(H,20,21,22);/q;+1/p-1. The Morgan fingerprint density at radius 1 is 0.962 bits per heavy atom. The number of hydrogen-bond donors (Lipinski definition) is 2. The van der Waals surface area contributed by atoms with Crippen molar-refractivity contribution < 1.29 is 62.2 Å². The summed E-state index contributed by atoms with van der Waals surface area (Å²) in [5.74, 6) is -0.593. The minimum absolute atomic E-state index is 0. The molecule has 2 atom stereocenters. The van der Waals surface area contributed by atoms with Crippen molar-refractivity contribution in [1.29, 1.82) is 0 Å². The van der Waals surface area contributed by atoms with Gasteiger partial charge in [-0.05, 0) is 12.8 Å². The molecule has 2 N–H and O–H groups in total. The average molecular weight is 408 g/mol. The van der Waals surface area contributed by atoms with Crippen molar-refractivity contribution in [3.8, 4) is 0 Å². The number of ether oxygens (including phenoxy) is 2. The molecular formula is C16H34NNaO7S. The second kappa shape index (κ2) is 17.8. The molecule has 0 aromatic heterocycles. The summed E-state index contributed by atoms with van der Waals surface area (Å²) in [5.41, 5.74) is 0. The van der Waals surface area contributed by atoms with Crippen LogP contribution in [0.1, 0.15) is 39.5 Å². The van der Waals surface area contributed by atoms with Crippen molar-refractivity contribution in [2.45, 2.75) is 51.6 Å². The van der Waals surface area contributed by atoms with Gasteiger partial charge in [0.1, 0.15) is 0 Å². The molecule has 0 saturated heterocycles. The third-order valence-corrected chi connectivity index (χ3v) is 4.55. The Hall–Kier alpha value is 0.710. The van der Waals surface area contributed by atoms with Gasteiger partial charge in [-0.25, -0.2) is 8.42 Å². The summed E-state index contributed by atoms with van der Waals surface area (Å²) in [5, 5.41) is 19.3. The second-order valence-corrected chi connectivity index (χ2v) is 7.55. The van der Waals surface area contributed by atoms with E-state index in [0.29, 0.717) is 13.2 Å². The van der Waals surface area contributed by atoms with Crippen LogP contribution in [0.25, 0.3) is 0 Å². The molecule has 0 rings (SSSR count). The van der Waals surface area contributed by atoms with Crippen LogP contribution in [-0.4, -0.2) is 92.1 Å². The van der Waals surface area contributed by atoms with Crippen LogP contribution in [0.4, 0.5) is 0 Å². The molecule has 0 fully saturated rings. The van der Waals surface area contributed by atoms with Gasteiger partial charge in [-0.2, -0.15) is 0 Å². The number of nitrogens with zero attached hydrogens (tertiary/aromatic N) is 1. The zero-order valence-corrected chi connectivity index (χ0v) is 19.2. The van der Waals surface area contributed by atoms with Gasteiger partial charge in [-0.1, -0.05) is 26.7 Å². The molecule has 0 aromatic carbocycles. The van der Waals surface area contributed by atoms with Crippen LogP contribution >= 0.6 is 0 Å². The summed E-state index contributed by atoms with van der Waals surface area (Å²) in [6, 6.07) is -1.02. The number of hydrogen-bond acceptors (Lipinski definition) is 8. The Labute approximate surface area is 180 Å². The Morgan fingerprint density at radius 3 is 1.69 bits per heavy atom. The van der Waals surface area contributed by atoms with Crippen LogP contribution in [0.2, 0.25) is 0 Å². The first kappa shape index (κ1) is 28.9. The molecule has 0 spiro atoms. The largest absolute Gasteiger partial charge is 1.00 e. The molecule has 152 valence electrons. The number of aliphatic hydroxyl groups is 2. The van der Waals surface area contributed by atoms with Crippen LogP contribution < -0.4 is 29.6 Å². The summed E-state index contributed by atoms with van der Waals surface area (Å²) in [7, 11) is -4.40. The van der Waals surface area contributed by atoms with Gasteiger partial charge in [0.2, 0.25) is 0 Å². The maximum Gasteiger partial charge on any atom is 1.00 e. The number of rotatable bonds is 17. The predicted molar refractivity (Wildman–Crippen MR) is 94.5 cm³/mol. The zero-order valence-electron chi connectivity index (χ0n) is 16.4. The van der Waals surface area contributed by atoms with E-state index >= 15 is 0 Å². The topological polar surface area (TPSA) is 119 Å². The van der Waals surface area contributed by atoms with Crippen LogP contribution in [0, 0.1) is 0 Å². The molecule has 0 aliphatic rings. The van der Waals surface area contributed by atoms with E-state index in [9.17, 15) is 23.2 Å². The first-order valence-corrected chi connectivity index (χ1v) is 10.5. The van der Waals surface area contributed by atoms with E-state index < -0.39 is 28.0 Å². The third kappa shape index (κ3) is 14.7. The van der Waals surface area contributed by atoms with Gasteiger partial charge in [0.05, 0.1) is 54.4 Å². The van der Waals surface area contributed by atoms with E-state index in [-0.39, 0.29) is 62.5 Å². The molecule has 0 bridgehead atoms. The third-order valence-electron chi connectivity index (χ3n) is 3.86. The average Bonchev–Trinajstić information content (AvgIpc) is 2.57. The predicted octanol–water partition coefficient (Wildman–Crippen LogP) is -2.81. The van der Waals surface area contributed by atoms with Crippen LogP contribution in [-0.2, 0) is 19.6 Å². The van der Waals surface area contributed by atoms with Gasteiger partial charge in [-0.3, -0.25) is 4.90 Å². The Balaban J connectivity index is 0. The fourth-order valence-corrected chi connectivity index (χ4v) is 2.75. The van der Waals surface area contributed by atoms with E-state index in [2.05, 4.69) is 0 Å². The Morgan fingerprint density at radius 2 is 1.38 bits per heavy atom. The fourth-order valence-electron chi connectivity index (χ4n) is 2.32. The SMILES string of the molecule is CCCCOCC(CO)N(CCS(=O)(=O)[O-])C(CO)COCCCC.[Na+]. The molecule has 0 heterocycles. The monoisotopic (exact) mass is 407 g/mol. The molecule has 2 unspecified atom stereocenters. The van der Waals surface area contributed by atoms with Crippen molar-refractivity contribution in [2.75, 3.05) is 51.9 Å². The molecule has 8 nitrogen and oxygen atoms in total. The van der Waals surface area contributed by atoms with E-state index in [1.54, 1.807) is 4.90 Å². The van der Waals surface area contributed by atoms with Gasteiger partial charge in [-0.15, -0.1) is 0 Å². The Kier molecular flexibility index (Phi) is 19.8. The van der Waals surface area contributed by atoms with E-state index in [4.69, 9.17) is 9.47 Å². The Bertz CT molecular complexity index is 391. The van der Waals surface area contributed by atoms with Crippen molar-refractivity contribution in [3.05, 3.63) is 0 Å².